The second-order valence-corrected chi connectivity index (χ2v) is 3.92. The number of nitrogens with zero attached hydrogens (tertiary/aromatic N) is 1. The molecule has 0 atom stereocenters. The first-order chi connectivity index (χ1) is 7.92. The molecule has 1 saturated heterocycles. The minimum atomic E-state index is -4.36. The van der Waals surface area contributed by atoms with Gasteiger partial charge in [0.2, 0.25) is 0 Å². The van der Waals surface area contributed by atoms with Crippen LogP contribution in [0.1, 0.15) is 19.8 Å². The zero-order chi connectivity index (χ0) is 12.9. The number of ether oxygens (including phenoxy) is 1. The maximum Gasteiger partial charge on any atom is 0.405 e. The lowest BCUT2D eigenvalue weighted by Crippen LogP contribution is -2.48. The number of hydrogen-bond acceptors (Lipinski definition) is 2. The van der Waals surface area contributed by atoms with Crippen LogP contribution < -0.4 is 5.32 Å². The van der Waals surface area contributed by atoms with Gasteiger partial charge in [-0.25, -0.2) is 4.79 Å². The molecule has 1 fully saturated rings. The monoisotopic (exact) mass is 254 g/mol. The van der Waals surface area contributed by atoms with Crippen molar-refractivity contribution >= 4 is 6.03 Å². The second-order valence-electron chi connectivity index (χ2n) is 3.92. The van der Waals surface area contributed by atoms with E-state index in [1.165, 1.54) is 4.90 Å². The third kappa shape index (κ3) is 5.25. The van der Waals surface area contributed by atoms with Crippen LogP contribution in [0.25, 0.3) is 0 Å². The largest absolute Gasteiger partial charge is 0.405 e. The fourth-order valence-electron chi connectivity index (χ4n) is 1.75. The average Bonchev–Trinajstić information content (AvgIpc) is 2.26. The lowest BCUT2D eigenvalue weighted by Gasteiger charge is -2.31. The number of urea groups is 1. The Morgan fingerprint density at radius 3 is 2.47 bits per heavy atom. The fraction of sp³-hybridized carbons (Fsp3) is 0.900. The van der Waals surface area contributed by atoms with Gasteiger partial charge in [-0.15, -0.1) is 0 Å². The van der Waals surface area contributed by atoms with Gasteiger partial charge in [0.1, 0.15) is 6.54 Å². The van der Waals surface area contributed by atoms with E-state index in [0.717, 1.165) is 0 Å². The van der Waals surface area contributed by atoms with Crippen molar-refractivity contribution in [1.82, 2.24) is 10.2 Å². The predicted octanol–water partition coefficient (Wildman–Crippen LogP) is 1.76. The highest BCUT2D eigenvalue weighted by molar-refractivity contribution is 5.74. The van der Waals surface area contributed by atoms with Crippen LogP contribution in [0.2, 0.25) is 0 Å². The zero-order valence-corrected chi connectivity index (χ0v) is 9.72. The van der Waals surface area contributed by atoms with Gasteiger partial charge in [-0.2, -0.15) is 13.2 Å². The maximum atomic E-state index is 11.9. The third-order valence-corrected chi connectivity index (χ3v) is 2.57. The second kappa shape index (κ2) is 6.09. The van der Waals surface area contributed by atoms with E-state index in [-0.39, 0.29) is 6.10 Å². The van der Waals surface area contributed by atoms with Crippen LogP contribution in [0.15, 0.2) is 0 Å². The molecule has 4 nitrogen and oxygen atoms in total. The van der Waals surface area contributed by atoms with Crippen molar-refractivity contribution in [2.75, 3.05) is 26.2 Å². The number of amides is 2. The molecule has 1 heterocycles. The summed E-state index contributed by atoms with van der Waals surface area (Å²) in [5, 5.41) is 1.86. The van der Waals surface area contributed by atoms with Gasteiger partial charge in [-0.05, 0) is 19.8 Å². The molecule has 0 unspecified atom stereocenters. The minimum absolute atomic E-state index is 0.117. The molecular formula is C10H17F3N2O2. The first-order valence-corrected chi connectivity index (χ1v) is 5.63. The molecule has 0 radical (unpaired) electrons. The Hall–Kier alpha value is -0.980. The predicted molar refractivity (Wildman–Crippen MR) is 55.7 cm³/mol. The summed E-state index contributed by atoms with van der Waals surface area (Å²) in [7, 11) is 0. The van der Waals surface area contributed by atoms with Gasteiger partial charge in [0.25, 0.3) is 0 Å². The van der Waals surface area contributed by atoms with Gasteiger partial charge in [-0.3, -0.25) is 0 Å². The van der Waals surface area contributed by atoms with Crippen LogP contribution in [0.3, 0.4) is 0 Å². The Balaban J connectivity index is 2.26. The molecule has 0 aromatic heterocycles. The topological polar surface area (TPSA) is 41.6 Å². The highest BCUT2D eigenvalue weighted by atomic mass is 19.4. The van der Waals surface area contributed by atoms with Crippen LogP contribution in [0, 0.1) is 0 Å². The maximum absolute atomic E-state index is 11.9. The lowest BCUT2D eigenvalue weighted by atomic mass is 10.1. The molecule has 0 bridgehead atoms. The molecule has 1 N–H and O–H groups in total. The van der Waals surface area contributed by atoms with Gasteiger partial charge < -0.3 is 15.0 Å². The molecule has 1 aliphatic heterocycles. The van der Waals surface area contributed by atoms with E-state index in [1.807, 2.05) is 12.2 Å². The molecule has 0 saturated carbocycles. The van der Waals surface area contributed by atoms with Crippen molar-refractivity contribution in [3.63, 3.8) is 0 Å². The van der Waals surface area contributed by atoms with Crippen molar-refractivity contribution in [1.29, 1.82) is 0 Å². The third-order valence-electron chi connectivity index (χ3n) is 2.57. The molecule has 0 aromatic carbocycles. The van der Waals surface area contributed by atoms with Crippen molar-refractivity contribution in [2.45, 2.75) is 32.0 Å². The van der Waals surface area contributed by atoms with Crippen molar-refractivity contribution in [3.8, 4) is 0 Å². The first kappa shape index (κ1) is 14.1. The Morgan fingerprint density at radius 2 is 2.00 bits per heavy atom. The number of carbonyl (C=O) groups excluding carboxylic acids is 1. The van der Waals surface area contributed by atoms with Crippen LogP contribution >= 0.6 is 0 Å². The summed E-state index contributed by atoms with van der Waals surface area (Å²) in [6, 6.07) is -0.655. The van der Waals surface area contributed by atoms with E-state index >= 15 is 0 Å². The van der Waals surface area contributed by atoms with E-state index in [4.69, 9.17) is 4.74 Å². The molecule has 1 aliphatic rings. The molecule has 2 amide bonds. The van der Waals surface area contributed by atoms with Gasteiger partial charge in [0.05, 0.1) is 6.10 Å². The van der Waals surface area contributed by atoms with Crippen molar-refractivity contribution in [3.05, 3.63) is 0 Å². The molecule has 0 aromatic rings. The SMILES string of the molecule is CCOC1CCN(C(=O)NCC(F)(F)F)CC1. The van der Waals surface area contributed by atoms with Gasteiger partial charge in [-0.1, -0.05) is 0 Å². The number of carbonyl (C=O) groups is 1. The summed E-state index contributed by atoms with van der Waals surface area (Å²) in [6.07, 6.45) is -2.90. The number of piperidine rings is 1. The van der Waals surface area contributed by atoms with Crippen LogP contribution in [0.4, 0.5) is 18.0 Å². The Morgan fingerprint density at radius 1 is 1.41 bits per heavy atom. The Bertz CT molecular complexity index is 250. The molecular weight excluding hydrogens is 237 g/mol. The first-order valence-electron chi connectivity index (χ1n) is 5.63. The fourth-order valence-corrected chi connectivity index (χ4v) is 1.75. The van der Waals surface area contributed by atoms with Gasteiger partial charge in [0, 0.05) is 19.7 Å². The number of alkyl halides is 3. The van der Waals surface area contributed by atoms with Crippen molar-refractivity contribution < 1.29 is 22.7 Å². The Labute approximate surface area is 98.1 Å². The van der Waals surface area contributed by atoms with Gasteiger partial charge >= 0.3 is 12.2 Å². The van der Waals surface area contributed by atoms with E-state index in [0.29, 0.717) is 32.5 Å². The van der Waals surface area contributed by atoms with Gasteiger partial charge in [0.15, 0.2) is 0 Å². The van der Waals surface area contributed by atoms with Crippen LogP contribution in [-0.4, -0.2) is 49.5 Å². The molecule has 0 spiro atoms. The molecule has 100 valence electrons. The van der Waals surface area contributed by atoms with Crippen molar-refractivity contribution in [2.24, 2.45) is 0 Å². The van der Waals surface area contributed by atoms with E-state index < -0.39 is 18.8 Å². The van der Waals surface area contributed by atoms with Crippen LogP contribution in [0.5, 0.6) is 0 Å². The summed E-state index contributed by atoms with van der Waals surface area (Å²) in [4.78, 5) is 12.8. The lowest BCUT2D eigenvalue weighted by molar-refractivity contribution is -0.123. The highest BCUT2D eigenvalue weighted by Gasteiger charge is 2.30. The summed E-state index contributed by atoms with van der Waals surface area (Å²) >= 11 is 0. The highest BCUT2D eigenvalue weighted by Crippen LogP contribution is 2.15. The number of likely N-dealkylation sites (tertiary alicyclic amines) is 1. The summed E-state index contributed by atoms with van der Waals surface area (Å²) in [5.41, 5.74) is 0. The van der Waals surface area contributed by atoms with Crippen LogP contribution in [-0.2, 0) is 4.74 Å². The number of nitrogens with one attached hydrogen (secondary N) is 1. The van der Waals surface area contributed by atoms with E-state index in [2.05, 4.69) is 0 Å². The summed E-state index contributed by atoms with van der Waals surface area (Å²) in [6.45, 7) is 2.10. The smallest absolute Gasteiger partial charge is 0.378 e. The Kier molecular flexibility index (Phi) is 5.04. The van der Waals surface area contributed by atoms with E-state index in [1.54, 1.807) is 0 Å². The zero-order valence-electron chi connectivity index (χ0n) is 9.72. The summed E-state index contributed by atoms with van der Waals surface area (Å²) < 4.78 is 41.1. The number of hydrogen-bond donors (Lipinski definition) is 1. The summed E-state index contributed by atoms with van der Waals surface area (Å²) in [5.74, 6) is 0. The normalized spacial score (nSPS) is 18.2. The number of halogens is 3. The molecule has 17 heavy (non-hydrogen) atoms. The standard InChI is InChI=1S/C10H17F3N2O2/c1-2-17-8-3-5-15(6-4-8)9(16)14-7-10(11,12)13/h8H,2-7H2,1H3,(H,14,16). The molecule has 0 aliphatic carbocycles. The van der Waals surface area contributed by atoms with E-state index in [9.17, 15) is 18.0 Å². The number of rotatable bonds is 3. The minimum Gasteiger partial charge on any atom is -0.378 e. The average molecular weight is 254 g/mol. The molecule has 7 heteroatoms. The quantitative estimate of drug-likeness (QED) is 0.833. The molecule has 1 rings (SSSR count).